The lowest BCUT2D eigenvalue weighted by molar-refractivity contribution is 0.598. The standard InChI is InChI=1S/C9H8ClN3O4S/c1-18(16,17)12-13-8(14)6-3-2-5(10)4-7(6)11-9(13)15/h2-4,12H,1H3,(H,11,15). The SMILES string of the molecule is CS(=O)(=O)Nn1c(=O)[nH]c2cc(Cl)ccc2c1=O. The number of sulfonamides is 1. The topological polar surface area (TPSA) is 101 Å². The molecule has 18 heavy (non-hydrogen) atoms. The highest BCUT2D eigenvalue weighted by atomic mass is 35.5. The molecular weight excluding hydrogens is 282 g/mol. The van der Waals surface area contributed by atoms with Crippen molar-refractivity contribution in [3.05, 3.63) is 44.1 Å². The van der Waals surface area contributed by atoms with Crippen LogP contribution in [0.2, 0.25) is 5.02 Å². The smallest absolute Gasteiger partial charge is 0.305 e. The summed E-state index contributed by atoms with van der Waals surface area (Å²) in [5.41, 5.74) is -1.42. The summed E-state index contributed by atoms with van der Waals surface area (Å²) in [4.78, 5) is 27.7. The number of hydrogen-bond acceptors (Lipinski definition) is 4. The fraction of sp³-hybridized carbons (Fsp3) is 0.111. The van der Waals surface area contributed by atoms with Gasteiger partial charge >= 0.3 is 5.69 Å². The zero-order valence-electron chi connectivity index (χ0n) is 9.10. The Balaban J connectivity index is 2.82. The predicted octanol–water partition coefficient (Wildman–Crippen LogP) is -0.154. The summed E-state index contributed by atoms with van der Waals surface area (Å²) in [7, 11) is -3.73. The van der Waals surface area contributed by atoms with Crippen molar-refractivity contribution in [1.29, 1.82) is 0 Å². The molecule has 9 heteroatoms. The van der Waals surface area contributed by atoms with E-state index in [-0.39, 0.29) is 10.9 Å². The molecule has 1 heterocycles. The van der Waals surface area contributed by atoms with Crippen LogP contribution >= 0.6 is 11.6 Å². The largest absolute Gasteiger partial charge is 0.348 e. The van der Waals surface area contributed by atoms with E-state index in [1.54, 1.807) is 0 Å². The molecule has 2 rings (SSSR count). The first-order chi connectivity index (χ1) is 8.28. The molecule has 0 fully saturated rings. The van der Waals surface area contributed by atoms with E-state index in [0.29, 0.717) is 9.70 Å². The molecule has 0 aliphatic heterocycles. The Kier molecular flexibility index (Phi) is 2.91. The fourth-order valence-corrected chi connectivity index (χ4v) is 2.11. The van der Waals surface area contributed by atoms with Crippen LogP contribution in [0, 0.1) is 0 Å². The minimum absolute atomic E-state index is 0.148. The second kappa shape index (κ2) is 4.14. The molecule has 0 atom stereocenters. The summed E-state index contributed by atoms with van der Waals surface area (Å²) < 4.78 is 22.5. The van der Waals surface area contributed by atoms with Gasteiger partial charge in [0.15, 0.2) is 0 Å². The van der Waals surface area contributed by atoms with Crippen molar-refractivity contribution >= 4 is 32.5 Å². The van der Waals surface area contributed by atoms with E-state index < -0.39 is 21.3 Å². The number of fused-ring (bicyclic) bond motifs is 1. The van der Waals surface area contributed by atoms with Crippen molar-refractivity contribution in [2.45, 2.75) is 0 Å². The molecule has 7 nitrogen and oxygen atoms in total. The van der Waals surface area contributed by atoms with E-state index in [1.165, 1.54) is 18.2 Å². The minimum Gasteiger partial charge on any atom is -0.305 e. The maximum absolute atomic E-state index is 11.9. The number of H-pyrrole nitrogens is 1. The minimum atomic E-state index is -3.73. The number of aromatic amines is 1. The van der Waals surface area contributed by atoms with E-state index in [0.717, 1.165) is 6.26 Å². The average molecular weight is 290 g/mol. The van der Waals surface area contributed by atoms with Crippen molar-refractivity contribution in [1.82, 2.24) is 9.66 Å². The van der Waals surface area contributed by atoms with Gasteiger partial charge in [0.2, 0.25) is 10.0 Å². The zero-order chi connectivity index (χ0) is 13.5. The van der Waals surface area contributed by atoms with Gasteiger partial charge in [0, 0.05) is 5.02 Å². The second-order valence-electron chi connectivity index (χ2n) is 3.62. The van der Waals surface area contributed by atoms with E-state index >= 15 is 0 Å². The second-order valence-corrected chi connectivity index (χ2v) is 5.79. The third-order valence-corrected chi connectivity index (χ3v) is 2.87. The molecule has 1 aromatic heterocycles. The molecule has 0 aliphatic carbocycles. The van der Waals surface area contributed by atoms with Crippen molar-refractivity contribution < 1.29 is 8.42 Å². The lowest BCUT2D eigenvalue weighted by Gasteiger charge is -2.07. The fourth-order valence-electron chi connectivity index (χ4n) is 1.44. The van der Waals surface area contributed by atoms with Gasteiger partial charge in [0.25, 0.3) is 5.56 Å². The highest BCUT2D eigenvalue weighted by Crippen LogP contribution is 2.13. The van der Waals surface area contributed by atoms with Crippen LogP contribution < -0.4 is 16.1 Å². The van der Waals surface area contributed by atoms with Crippen molar-refractivity contribution in [2.75, 3.05) is 11.1 Å². The molecule has 96 valence electrons. The zero-order valence-corrected chi connectivity index (χ0v) is 10.7. The summed E-state index contributed by atoms with van der Waals surface area (Å²) in [6, 6.07) is 4.27. The van der Waals surface area contributed by atoms with E-state index in [2.05, 4.69) is 4.98 Å². The maximum atomic E-state index is 11.9. The first-order valence-electron chi connectivity index (χ1n) is 4.70. The predicted molar refractivity (Wildman–Crippen MR) is 68.0 cm³/mol. The number of halogens is 1. The molecule has 0 saturated heterocycles. The summed E-state index contributed by atoms with van der Waals surface area (Å²) in [5.74, 6) is 0. The normalized spacial score (nSPS) is 11.7. The highest BCUT2D eigenvalue weighted by molar-refractivity contribution is 7.91. The van der Waals surface area contributed by atoms with Crippen LogP contribution in [0.3, 0.4) is 0 Å². The van der Waals surface area contributed by atoms with Crippen LogP contribution in [0.5, 0.6) is 0 Å². The molecular formula is C9H8ClN3O4S. The molecule has 0 aliphatic rings. The molecule has 2 aromatic rings. The highest BCUT2D eigenvalue weighted by Gasteiger charge is 2.10. The molecule has 2 N–H and O–H groups in total. The Morgan fingerprint density at radius 1 is 1.33 bits per heavy atom. The lowest BCUT2D eigenvalue weighted by atomic mass is 10.2. The molecule has 0 bridgehead atoms. The van der Waals surface area contributed by atoms with Gasteiger partial charge in [-0.2, -0.15) is 4.68 Å². The third-order valence-electron chi connectivity index (χ3n) is 2.12. The van der Waals surface area contributed by atoms with Gasteiger partial charge in [-0.1, -0.05) is 11.6 Å². The molecule has 0 unspecified atom stereocenters. The average Bonchev–Trinajstić information content (AvgIpc) is 2.22. The number of nitrogens with zero attached hydrogens (tertiary/aromatic N) is 1. The van der Waals surface area contributed by atoms with Crippen molar-refractivity contribution in [2.24, 2.45) is 0 Å². The van der Waals surface area contributed by atoms with Gasteiger partial charge < -0.3 is 4.98 Å². The Labute approximate surface area is 106 Å². The number of hydrogen-bond donors (Lipinski definition) is 2. The quantitative estimate of drug-likeness (QED) is 0.802. The van der Waals surface area contributed by atoms with Crippen LogP contribution in [0.4, 0.5) is 0 Å². The van der Waals surface area contributed by atoms with E-state index in [9.17, 15) is 18.0 Å². The van der Waals surface area contributed by atoms with Gasteiger partial charge in [-0.15, -0.1) is 0 Å². The third kappa shape index (κ3) is 2.39. The Morgan fingerprint density at radius 3 is 2.61 bits per heavy atom. The van der Waals surface area contributed by atoms with Gasteiger partial charge in [-0.05, 0) is 18.2 Å². The summed E-state index contributed by atoms with van der Waals surface area (Å²) in [6.07, 6.45) is 0.838. The van der Waals surface area contributed by atoms with Crippen LogP contribution in [0.15, 0.2) is 27.8 Å². The lowest BCUT2D eigenvalue weighted by Crippen LogP contribution is -2.43. The van der Waals surface area contributed by atoms with Crippen LogP contribution in [-0.4, -0.2) is 24.3 Å². The summed E-state index contributed by atoms with van der Waals surface area (Å²) in [5, 5.41) is 0.501. The number of benzene rings is 1. The summed E-state index contributed by atoms with van der Waals surface area (Å²) in [6.45, 7) is 0. The number of nitrogens with one attached hydrogen (secondary N) is 2. The van der Waals surface area contributed by atoms with Crippen molar-refractivity contribution in [3.63, 3.8) is 0 Å². The summed E-state index contributed by atoms with van der Waals surface area (Å²) >= 11 is 5.73. The Hall–Kier alpha value is -1.80. The number of aromatic nitrogens is 2. The van der Waals surface area contributed by atoms with Crippen LogP contribution in [-0.2, 0) is 10.0 Å². The molecule has 0 amide bonds. The first-order valence-corrected chi connectivity index (χ1v) is 6.97. The van der Waals surface area contributed by atoms with Gasteiger partial charge in [-0.25, -0.2) is 18.0 Å². The molecule has 0 saturated carbocycles. The molecule has 0 spiro atoms. The first kappa shape index (κ1) is 12.7. The Bertz CT molecular complexity index is 837. The molecule has 1 aromatic carbocycles. The van der Waals surface area contributed by atoms with Gasteiger partial charge in [-0.3, -0.25) is 4.79 Å². The van der Waals surface area contributed by atoms with Crippen LogP contribution in [0.1, 0.15) is 0 Å². The monoisotopic (exact) mass is 289 g/mol. The van der Waals surface area contributed by atoms with Crippen LogP contribution in [0.25, 0.3) is 10.9 Å². The Morgan fingerprint density at radius 2 is 2.00 bits per heavy atom. The maximum Gasteiger partial charge on any atom is 0.348 e. The van der Waals surface area contributed by atoms with Crippen molar-refractivity contribution in [3.8, 4) is 0 Å². The van der Waals surface area contributed by atoms with E-state index in [4.69, 9.17) is 11.6 Å². The van der Waals surface area contributed by atoms with E-state index in [1.807, 2.05) is 4.83 Å². The molecule has 0 radical (unpaired) electrons. The van der Waals surface area contributed by atoms with Gasteiger partial charge in [0.05, 0.1) is 17.2 Å². The van der Waals surface area contributed by atoms with Gasteiger partial charge in [0.1, 0.15) is 0 Å². The number of rotatable bonds is 2.